The maximum absolute atomic E-state index is 8.93. The fourth-order valence-electron chi connectivity index (χ4n) is 1.38. The molecule has 0 aliphatic carbocycles. The third-order valence-electron chi connectivity index (χ3n) is 2.12. The summed E-state index contributed by atoms with van der Waals surface area (Å²) in [6.45, 7) is 13.9. The summed E-state index contributed by atoms with van der Waals surface area (Å²) in [6, 6.07) is 6.50. The zero-order chi connectivity index (χ0) is 13.7. The molecule has 1 aromatic carbocycles. The van der Waals surface area contributed by atoms with Gasteiger partial charge < -0.3 is 0 Å². The van der Waals surface area contributed by atoms with Crippen molar-refractivity contribution in [3.63, 3.8) is 0 Å². The number of rotatable bonds is 0. The van der Waals surface area contributed by atoms with Gasteiger partial charge in [-0.15, -0.1) is 0 Å². The topological polar surface area (TPSA) is 104 Å². The minimum Gasteiger partial charge on any atom is -0.249 e. The van der Waals surface area contributed by atoms with Crippen LogP contribution in [0, 0.1) is 58.5 Å². The summed E-state index contributed by atoms with van der Waals surface area (Å²) in [6.07, 6.45) is 0. The van der Waals surface area contributed by atoms with Crippen molar-refractivity contribution in [1.82, 2.24) is 0 Å². The summed E-state index contributed by atoms with van der Waals surface area (Å²) >= 11 is 0. The molecule has 0 unspecified atom stereocenters. The van der Waals surface area contributed by atoms with E-state index in [-0.39, 0.29) is 33.6 Å². The van der Waals surface area contributed by atoms with Gasteiger partial charge in [-0.3, -0.25) is 0 Å². The van der Waals surface area contributed by atoms with E-state index < -0.39 is 0 Å². The third-order valence-corrected chi connectivity index (χ3v) is 2.12. The van der Waals surface area contributed by atoms with Crippen LogP contribution in [0.3, 0.4) is 0 Å². The molecule has 78 valence electrons. The van der Waals surface area contributed by atoms with Gasteiger partial charge in [0.1, 0.15) is 12.1 Å². The van der Waals surface area contributed by atoms with Crippen molar-refractivity contribution >= 4 is 11.4 Å². The lowest BCUT2D eigenvalue weighted by Gasteiger charge is -2.05. The number of hydrogen-bond donors (Lipinski definition) is 0. The first-order valence-electron chi connectivity index (χ1n) is 4.29. The highest BCUT2D eigenvalue weighted by Crippen LogP contribution is 2.39. The van der Waals surface area contributed by atoms with Gasteiger partial charge in [-0.05, 0) is 0 Å². The van der Waals surface area contributed by atoms with Crippen molar-refractivity contribution in [2.75, 3.05) is 0 Å². The molecule has 0 saturated heterocycles. The Morgan fingerprint density at radius 1 is 0.611 bits per heavy atom. The highest BCUT2D eigenvalue weighted by molar-refractivity contribution is 5.88. The first kappa shape index (κ1) is 12.2. The highest BCUT2D eigenvalue weighted by atomic mass is 14.8. The lowest BCUT2D eigenvalue weighted by molar-refractivity contribution is 1.38. The van der Waals surface area contributed by atoms with Crippen LogP contribution in [0.1, 0.15) is 22.3 Å². The van der Waals surface area contributed by atoms with E-state index in [1.807, 2.05) is 0 Å². The zero-order valence-electron chi connectivity index (χ0n) is 8.68. The van der Waals surface area contributed by atoms with Gasteiger partial charge in [0.2, 0.25) is 11.4 Å². The summed E-state index contributed by atoms with van der Waals surface area (Å²) < 4.78 is 0. The molecule has 0 aliphatic rings. The molecular formula is C12N6. The molecule has 0 N–H and O–H groups in total. The van der Waals surface area contributed by atoms with Gasteiger partial charge in [0.05, 0.1) is 47.5 Å². The number of benzene rings is 1. The van der Waals surface area contributed by atoms with Gasteiger partial charge in [-0.2, -0.15) is 21.0 Å². The van der Waals surface area contributed by atoms with E-state index in [0.717, 1.165) is 0 Å². The molecule has 0 aromatic heterocycles. The Labute approximate surface area is 102 Å². The minimum absolute atomic E-state index is 0.338. The highest BCUT2D eigenvalue weighted by Gasteiger charge is 2.24. The monoisotopic (exact) mass is 228 g/mol. The first-order chi connectivity index (χ1) is 8.69. The summed E-state index contributed by atoms with van der Waals surface area (Å²) in [4.78, 5) is 6.01. The van der Waals surface area contributed by atoms with Gasteiger partial charge in [-0.25, -0.2) is 9.69 Å². The Morgan fingerprint density at radius 3 is 1.06 bits per heavy atom. The lowest BCUT2D eigenvalue weighted by atomic mass is 9.95. The van der Waals surface area contributed by atoms with Gasteiger partial charge in [-0.1, -0.05) is 0 Å². The average Bonchev–Trinajstić information content (AvgIpc) is 2.43. The fourth-order valence-corrected chi connectivity index (χ4v) is 1.38. The minimum atomic E-state index is -0.361. The van der Waals surface area contributed by atoms with Gasteiger partial charge in [0.25, 0.3) is 0 Å². The van der Waals surface area contributed by atoms with Crippen molar-refractivity contribution in [1.29, 1.82) is 21.0 Å². The Hall–Kier alpha value is -3.84. The van der Waals surface area contributed by atoms with E-state index in [1.165, 1.54) is 0 Å². The van der Waals surface area contributed by atoms with Crippen molar-refractivity contribution in [2.24, 2.45) is 0 Å². The molecule has 0 radical (unpaired) electrons. The Morgan fingerprint density at radius 2 is 0.889 bits per heavy atom. The van der Waals surface area contributed by atoms with Crippen LogP contribution in [0.25, 0.3) is 9.69 Å². The SMILES string of the molecule is [C-]#[N+]c1c(C#N)c(C#N)c(C#N)c(C#N)c1[N+]#[C-]. The molecule has 0 amide bonds. The van der Waals surface area contributed by atoms with E-state index in [2.05, 4.69) is 9.69 Å². The quantitative estimate of drug-likeness (QED) is 0.635. The van der Waals surface area contributed by atoms with E-state index in [9.17, 15) is 0 Å². The molecule has 1 aromatic rings. The largest absolute Gasteiger partial charge is 0.249 e. The second-order valence-corrected chi connectivity index (χ2v) is 2.87. The molecule has 18 heavy (non-hydrogen) atoms. The molecule has 0 fully saturated rings. The molecule has 0 aliphatic heterocycles. The van der Waals surface area contributed by atoms with Crippen LogP contribution < -0.4 is 0 Å². The fraction of sp³-hybridized carbons (Fsp3) is 0. The van der Waals surface area contributed by atoms with Gasteiger partial charge in [0, 0.05) is 0 Å². The molecule has 0 heterocycles. The summed E-state index contributed by atoms with van der Waals surface area (Å²) in [5, 5.41) is 35.7. The molecular weight excluding hydrogens is 228 g/mol. The summed E-state index contributed by atoms with van der Waals surface area (Å²) in [5.74, 6) is 0. The Kier molecular flexibility index (Phi) is 3.25. The molecule has 0 bridgehead atoms. The molecule has 0 saturated carbocycles. The predicted molar refractivity (Wildman–Crippen MR) is 57.8 cm³/mol. The van der Waals surface area contributed by atoms with E-state index >= 15 is 0 Å². The van der Waals surface area contributed by atoms with Crippen molar-refractivity contribution in [3.05, 3.63) is 45.1 Å². The van der Waals surface area contributed by atoms with Crippen molar-refractivity contribution < 1.29 is 0 Å². The molecule has 0 atom stereocenters. The van der Waals surface area contributed by atoms with Crippen molar-refractivity contribution in [2.45, 2.75) is 0 Å². The average molecular weight is 228 g/mol. The van der Waals surface area contributed by atoms with Gasteiger partial charge >= 0.3 is 0 Å². The smallest absolute Gasteiger partial charge is 0.214 e. The van der Waals surface area contributed by atoms with Crippen molar-refractivity contribution in [3.8, 4) is 24.3 Å². The number of nitrogens with zero attached hydrogens (tertiary/aromatic N) is 6. The standard InChI is InChI=1S/C12N6/c1-17-11-9(5-15)7(3-13)8(4-14)10(6-16)12(11)18-2. The second-order valence-electron chi connectivity index (χ2n) is 2.87. The molecule has 6 heteroatoms. The predicted octanol–water partition coefficient (Wildman–Crippen LogP) is 2.27. The molecule has 1 rings (SSSR count). The van der Waals surface area contributed by atoms with E-state index in [4.69, 9.17) is 34.2 Å². The van der Waals surface area contributed by atoms with Crippen LogP contribution in [0.4, 0.5) is 11.4 Å². The molecule has 6 nitrogen and oxygen atoms in total. The van der Waals surface area contributed by atoms with Crippen LogP contribution in [0.5, 0.6) is 0 Å². The number of nitriles is 4. The maximum Gasteiger partial charge on any atom is 0.214 e. The van der Waals surface area contributed by atoms with Crippen LogP contribution in [0.15, 0.2) is 0 Å². The van der Waals surface area contributed by atoms with Crippen LogP contribution >= 0.6 is 0 Å². The second kappa shape index (κ2) is 4.79. The van der Waals surface area contributed by atoms with E-state index in [0.29, 0.717) is 0 Å². The Balaban J connectivity index is 4.21. The molecule has 0 spiro atoms. The first-order valence-corrected chi connectivity index (χ1v) is 4.29. The third kappa shape index (κ3) is 1.46. The van der Waals surface area contributed by atoms with Gasteiger partial charge in [0.15, 0.2) is 0 Å². The summed E-state index contributed by atoms with van der Waals surface area (Å²) in [5.41, 5.74) is -2.08. The Bertz CT molecular complexity index is 592. The maximum atomic E-state index is 8.93. The van der Waals surface area contributed by atoms with Crippen LogP contribution in [-0.4, -0.2) is 0 Å². The lowest BCUT2D eigenvalue weighted by Crippen LogP contribution is -1.95. The van der Waals surface area contributed by atoms with Crippen LogP contribution in [0.2, 0.25) is 0 Å². The number of hydrogen-bond acceptors (Lipinski definition) is 4. The summed E-state index contributed by atoms with van der Waals surface area (Å²) in [7, 11) is 0. The van der Waals surface area contributed by atoms with E-state index in [1.54, 1.807) is 24.3 Å². The van der Waals surface area contributed by atoms with Crippen LogP contribution in [-0.2, 0) is 0 Å². The normalized spacial score (nSPS) is 7.67. The zero-order valence-corrected chi connectivity index (χ0v) is 8.68.